The number of para-hydroxylation sites is 1. The Balaban J connectivity index is 2.17. The molecule has 0 fully saturated rings. The van der Waals surface area contributed by atoms with Crippen LogP contribution in [0.4, 0.5) is 5.69 Å². The molecule has 21 heavy (non-hydrogen) atoms. The lowest BCUT2D eigenvalue weighted by Gasteiger charge is -2.07. The average molecular weight is 273 g/mol. The second-order valence-corrected chi connectivity index (χ2v) is 5.37. The van der Waals surface area contributed by atoms with Crippen molar-refractivity contribution in [2.24, 2.45) is 0 Å². The Kier molecular flexibility index (Phi) is 2.51. The van der Waals surface area contributed by atoms with Gasteiger partial charge >= 0.3 is 0 Å². The molecule has 0 aliphatic heterocycles. The number of benzene rings is 3. The smallest absolute Gasteiger partial charge is 0.136 e. The number of furan rings is 1. The van der Waals surface area contributed by atoms with Gasteiger partial charge in [0.05, 0.1) is 0 Å². The number of nitrogen functional groups attached to an aromatic ring is 1. The van der Waals surface area contributed by atoms with Crippen molar-refractivity contribution in [1.29, 1.82) is 0 Å². The topological polar surface area (TPSA) is 39.2 Å². The zero-order chi connectivity index (χ0) is 14.4. The van der Waals surface area contributed by atoms with Crippen LogP contribution in [0.25, 0.3) is 33.1 Å². The molecule has 1 heterocycles. The summed E-state index contributed by atoms with van der Waals surface area (Å²) in [4.78, 5) is 0. The minimum Gasteiger partial charge on any atom is -0.456 e. The Morgan fingerprint density at radius 1 is 0.810 bits per heavy atom. The molecule has 102 valence electrons. The summed E-state index contributed by atoms with van der Waals surface area (Å²) >= 11 is 0. The number of hydrogen-bond acceptors (Lipinski definition) is 2. The highest BCUT2D eigenvalue weighted by Gasteiger charge is 2.13. The van der Waals surface area contributed by atoms with E-state index in [1.807, 2.05) is 36.4 Å². The monoisotopic (exact) mass is 273 g/mol. The summed E-state index contributed by atoms with van der Waals surface area (Å²) in [6, 6.07) is 20.3. The van der Waals surface area contributed by atoms with Gasteiger partial charge in [0.25, 0.3) is 0 Å². The van der Waals surface area contributed by atoms with Gasteiger partial charge in [0, 0.05) is 22.0 Å². The summed E-state index contributed by atoms with van der Waals surface area (Å²) in [7, 11) is 0. The number of aryl methyl sites for hydroxylation is 1. The van der Waals surface area contributed by atoms with Gasteiger partial charge in [0.15, 0.2) is 0 Å². The minimum atomic E-state index is 0.784. The van der Waals surface area contributed by atoms with Gasteiger partial charge in [-0.3, -0.25) is 0 Å². The van der Waals surface area contributed by atoms with E-state index in [2.05, 4.69) is 31.2 Å². The van der Waals surface area contributed by atoms with E-state index in [1.54, 1.807) is 0 Å². The lowest BCUT2D eigenvalue weighted by molar-refractivity contribution is 0.669. The molecule has 3 aromatic carbocycles. The van der Waals surface area contributed by atoms with Gasteiger partial charge in [0.1, 0.15) is 11.2 Å². The highest BCUT2D eigenvalue weighted by atomic mass is 16.3. The predicted molar refractivity (Wildman–Crippen MR) is 88.3 cm³/mol. The van der Waals surface area contributed by atoms with E-state index in [0.717, 1.165) is 38.8 Å². The van der Waals surface area contributed by atoms with Gasteiger partial charge in [-0.05, 0) is 36.8 Å². The summed E-state index contributed by atoms with van der Waals surface area (Å²) in [5.41, 5.74) is 12.1. The van der Waals surface area contributed by atoms with E-state index in [-0.39, 0.29) is 0 Å². The highest BCUT2D eigenvalue weighted by Crippen LogP contribution is 2.38. The minimum absolute atomic E-state index is 0.784. The maximum Gasteiger partial charge on any atom is 0.136 e. The molecule has 0 saturated carbocycles. The van der Waals surface area contributed by atoms with Gasteiger partial charge in [-0.15, -0.1) is 0 Å². The molecule has 0 spiro atoms. The van der Waals surface area contributed by atoms with Crippen molar-refractivity contribution in [2.45, 2.75) is 6.92 Å². The van der Waals surface area contributed by atoms with Crippen molar-refractivity contribution in [1.82, 2.24) is 0 Å². The van der Waals surface area contributed by atoms with Crippen LogP contribution in [0.1, 0.15) is 5.56 Å². The normalized spacial score (nSPS) is 11.3. The van der Waals surface area contributed by atoms with Crippen LogP contribution in [0.5, 0.6) is 0 Å². The largest absolute Gasteiger partial charge is 0.456 e. The van der Waals surface area contributed by atoms with Crippen LogP contribution in [0.3, 0.4) is 0 Å². The van der Waals surface area contributed by atoms with E-state index < -0.39 is 0 Å². The SMILES string of the molecule is Cc1ccc2oc3cccc(-c4ccccc4N)c3c2c1. The van der Waals surface area contributed by atoms with Gasteiger partial charge in [-0.1, -0.05) is 42.0 Å². The van der Waals surface area contributed by atoms with E-state index in [1.165, 1.54) is 5.56 Å². The van der Waals surface area contributed by atoms with Crippen LogP contribution in [0.2, 0.25) is 0 Å². The second kappa shape index (κ2) is 4.38. The van der Waals surface area contributed by atoms with Crippen LogP contribution in [0.15, 0.2) is 65.1 Å². The van der Waals surface area contributed by atoms with Crippen LogP contribution in [-0.4, -0.2) is 0 Å². The summed E-state index contributed by atoms with van der Waals surface area (Å²) in [5, 5.41) is 2.28. The van der Waals surface area contributed by atoms with Crippen LogP contribution in [-0.2, 0) is 0 Å². The molecule has 0 aliphatic rings. The molecule has 0 amide bonds. The number of rotatable bonds is 1. The summed E-state index contributed by atoms with van der Waals surface area (Å²) in [6.07, 6.45) is 0. The van der Waals surface area contributed by atoms with Crippen molar-refractivity contribution in [2.75, 3.05) is 5.73 Å². The molecule has 1 aromatic heterocycles. The van der Waals surface area contributed by atoms with Gasteiger partial charge in [-0.25, -0.2) is 0 Å². The summed E-state index contributed by atoms with van der Waals surface area (Å²) in [6.45, 7) is 2.10. The third kappa shape index (κ3) is 1.80. The lowest BCUT2D eigenvalue weighted by Crippen LogP contribution is -1.89. The van der Waals surface area contributed by atoms with E-state index >= 15 is 0 Å². The maximum absolute atomic E-state index is 6.16. The molecule has 2 nitrogen and oxygen atoms in total. The molecular weight excluding hydrogens is 258 g/mol. The molecule has 0 radical (unpaired) electrons. The fourth-order valence-electron chi connectivity index (χ4n) is 2.91. The highest BCUT2D eigenvalue weighted by molar-refractivity contribution is 6.13. The second-order valence-electron chi connectivity index (χ2n) is 5.37. The molecule has 0 unspecified atom stereocenters. The van der Waals surface area contributed by atoms with E-state index in [9.17, 15) is 0 Å². The molecule has 2 heteroatoms. The fraction of sp³-hybridized carbons (Fsp3) is 0.0526. The third-order valence-electron chi connectivity index (χ3n) is 3.90. The van der Waals surface area contributed by atoms with Gasteiger partial charge in [0.2, 0.25) is 0 Å². The van der Waals surface area contributed by atoms with Gasteiger partial charge in [-0.2, -0.15) is 0 Å². The zero-order valence-corrected chi connectivity index (χ0v) is 11.8. The molecule has 0 bridgehead atoms. The number of hydrogen-bond donors (Lipinski definition) is 1. The molecule has 0 aliphatic carbocycles. The molecule has 4 rings (SSSR count). The Bertz CT molecular complexity index is 966. The van der Waals surface area contributed by atoms with Crippen molar-refractivity contribution in [3.05, 3.63) is 66.2 Å². The number of nitrogens with two attached hydrogens (primary N) is 1. The zero-order valence-electron chi connectivity index (χ0n) is 11.8. The number of fused-ring (bicyclic) bond motifs is 3. The quantitative estimate of drug-likeness (QED) is 0.487. The lowest BCUT2D eigenvalue weighted by atomic mass is 9.98. The van der Waals surface area contributed by atoms with E-state index in [4.69, 9.17) is 10.2 Å². The van der Waals surface area contributed by atoms with Crippen molar-refractivity contribution < 1.29 is 4.42 Å². The van der Waals surface area contributed by atoms with Crippen molar-refractivity contribution in [3.8, 4) is 11.1 Å². The average Bonchev–Trinajstić information content (AvgIpc) is 2.86. The Morgan fingerprint density at radius 3 is 2.48 bits per heavy atom. The first-order valence-electron chi connectivity index (χ1n) is 7.01. The van der Waals surface area contributed by atoms with Crippen molar-refractivity contribution in [3.63, 3.8) is 0 Å². The Hall–Kier alpha value is -2.74. The maximum atomic E-state index is 6.16. The summed E-state index contributed by atoms with van der Waals surface area (Å²) in [5.74, 6) is 0. The molecule has 4 aromatic rings. The molecule has 2 N–H and O–H groups in total. The standard InChI is InChI=1S/C19H15NO/c1-12-9-10-17-15(11-12)19-14(6-4-8-18(19)21-17)13-5-2-3-7-16(13)20/h2-11H,20H2,1H3. The first kappa shape index (κ1) is 12.0. The van der Waals surface area contributed by atoms with Crippen LogP contribution < -0.4 is 5.73 Å². The van der Waals surface area contributed by atoms with Crippen LogP contribution in [0, 0.1) is 6.92 Å². The number of anilines is 1. The first-order chi connectivity index (χ1) is 10.2. The van der Waals surface area contributed by atoms with Crippen LogP contribution >= 0.6 is 0 Å². The third-order valence-corrected chi connectivity index (χ3v) is 3.90. The predicted octanol–water partition coefficient (Wildman–Crippen LogP) is 5.14. The van der Waals surface area contributed by atoms with E-state index in [0.29, 0.717) is 0 Å². The Labute approximate surface area is 122 Å². The molecule has 0 atom stereocenters. The fourth-order valence-corrected chi connectivity index (χ4v) is 2.91. The summed E-state index contributed by atoms with van der Waals surface area (Å²) < 4.78 is 5.97. The molecule has 0 saturated heterocycles. The van der Waals surface area contributed by atoms with Crippen molar-refractivity contribution >= 4 is 27.6 Å². The Morgan fingerprint density at radius 2 is 1.62 bits per heavy atom. The molecular formula is C19H15NO. The van der Waals surface area contributed by atoms with Gasteiger partial charge < -0.3 is 10.2 Å². The first-order valence-corrected chi connectivity index (χ1v) is 7.01.